The largest absolute Gasteiger partial charge is 0.444 e. The first kappa shape index (κ1) is 20.9. The van der Waals surface area contributed by atoms with Crippen molar-refractivity contribution in [2.75, 3.05) is 44.3 Å². The van der Waals surface area contributed by atoms with Crippen molar-refractivity contribution in [2.45, 2.75) is 51.7 Å². The van der Waals surface area contributed by atoms with E-state index in [0.717, 1.165) is 43.0 Å². The van der Waals surface area contributed by atoms with Gasteiger partial charge in [-0.3, -0.25) is 0 Å². The maximum Gasteiger partial charge on any atom is 0.410 e. The molecular formula is C21H31N5O4. The molecule has 0 atom stereocenters. The van der Waals surface area contributed by atoms with Gasteiger partial charge in [-0.15, -0.1) is 0 Å². The third-order valence-electron chi connectivity index (χ3n) is 5.64. The second-order valence-electron chi connectivity index (χ2n) is 8.89. The first-order chi connectivity index (χ1) is 14.4. The molecule has 0 saturated carbocycles. The molecule has 164 valence electrons. The Morgan fingerprint density at radius 3 is 2.57 bits per heavy atom. The van der Waals surface area contributed by atoms with Crippen molar-refractivity contribution in [3.63, 3.8) is 0 Å². The Morgan fingerprint density at radius 1 is 1.23 bits per heavy atom. The molecular weight excluding hydrogens is 386 g/mol. The number of morpholine rings is 1. The Kier molecular flexibility index (Phi) is 5.84. The van der Waals surface area contributed by atoms with E-state index in [2.05, 4.69) is 10.00 Å². The lowest BCUT2D eigenvalue weighted by Crippen LogP contribution is -2.41. The van der Waals surface area contributed by atoms with Gasteiger partial charge in [0.2, 0.25) is 0 Å². The summed E-state index contributed by atoms with van der Waals surface area (Å²) in [5.41, 5.74) is 2.90. The average Bonchev–Trinajstić information content (AvgIpc) is 3.12. The molecule has 2 fully saturated rings. The van der Waals surface area contributed by atoms with Gasteiger partial charge < -0.3 is 24.4 Å². The number of piperidine rings is 1. The number of ether oxygens (including phenoxy) is 2. The number of fused-ring (bicyclic) bond motifs is 1. The second kappa shape index (κ2) is 8.39. The second-order valence-corrected chi connectivity index (χ2v) is 8.89. The van der Waals surface area contributed by atoms with Crippen LogP contribution in [0.25, 0.3) is 5.65 Å². The third-order valence-corrected chi connectivity index (χ3v) is 5.64. The van der Waals surface area contributed by atoms with Gasteiger partial charge in [-0.2, -0.15) is 5.10 Å². The van der Waals surface area contributed by atoms with Crippen molar-refractivity contribution < 1.29 is 19.4 Å². The van der Waals surface area contributed by atoms with E-state index in [-0.39, 0.29) is 18.6 Å². The van der Waals surface area contributed by atoms with Gasteiger partial charge in [0.25, 0.3) is 0 Å². The molecule has 30 heavy (non-hydrogen) atoms. The normalized spacial score (nSPS) is 18.8. The van der Waals surface area contributed by atoms with Crippen molar-refractivity contribution in [2.24, 2.45) is 0 Å². The lowest BCUT2D eigenvalue weighted by atomic mass is 9.92. The highest BCUT2D eigenvalue weighted by atomic mass is 16.6. The number of anilines is 1. The Bertz CT molecular complexity index is 893. The fraction of sp³-hybridized carbons (Fsp3) is 0.667. The predicted octanol–water partition coefficient (Wildman–Crippen LogP) is 2.17. The maximum atomic E-state index is 12.4. The van der Waals surface area contributed by atoms with Crippen LogP contribution >= 0.6 is 0 Å². The number of hydrogen-bond donors (Lipinski definition) is 1. The van der Waals surface area contributed by atoms with E-state index in [4.69, 9.17) is 14.5 Å². The first-order valence-electron chi connectivity index (χ1n) is 10.7. The summed E-state index contributed by atoms with van der Waals surface area (Å²) in [4.78, 5) is 21.1. The monoisotopic (exact) mass is 417 g/mol. The topological polar surface area (TPSA) is 92.4 Å². The Hall–Kier alpha value is -2.39. The zero-order valence-electron chi connectivity index (χ0n) is 18.0. The number of aromatic nitrogens is 3. The van der Waals surface area contributed by atoms with Gasteiger partial charge in [0.15, 0.2) is 5.65 Å². The Labute approximate surface area is 176 Å². The summed E-state index contributed by atoms with van der Waals surface area (Å²) in [6.45, 7) is 9.73. The molecule has 0 unspecified atom stereocenters. The quantitative estimate of drug-likeness (QED) is 0.818. The van der Waals surface area contributed by atoms with E-state index >= 15 is 0 Å². The maximum absolute atomic E-state index is 12.4. The van der Waals surface area contributed by atoms with Crippen LogP contribution in [0.2, 0.25) is 0 Å². The summed E-state index contributed by atoms with van der Waals surface area (Å²) in [5.74, 6) is 0.174. The van der Waals surface area contributed by atoms with Crippen LogP contribution in [-0.4, -0.2) is 75.7 Å². The summed E-state index contributed by atoms with van der Waals surface area (Å²) >= 11 is 0. The number of aliphatic hydroxyl groups excluding tert-OH is 1. The molecule has 0 aliphatic carbocycles. The number of rotatable bonds is 3. The molecule has 2 aliphatic rings. The Morgan fingerprint density at radius 2 is 1.93 bits per heavy atom. The van der Waals surface area contributed by atoms with Crippen LogP contribution in [0.3, 0.4) is 0 Å². The standard InChI is InChI=1S/C21H31N5O4/c1-21(2,3)30-20(28)25-8-5-15(6-9-25)18-16(14-27)23-19-17(4-7-22-26(18)19)24-10-12-29-13-11-24/h4,7,15,27H,5-6,8-14H2,1-3H3. The molecule has 0 radical (unpaired) electrons. The van der Waals surface area contributed by atoms with Crippen molar-refractivity contribution in [1.82, 2.24) is 19.5 Å². The van der Waals surface area contributed by atoms with Crippen LogP contribution in [-0.2, 0) is 16.1 Å². The van der Waals surface area contributed by atoms with Crippen LogP contribution in [0.15, 0.2) is 12.3 Å². The van der Waals surface area contributed by atoms with E-state index in [1.165, 1.54) is 0 Å². The van der Waals surface area contributed by atoms with Crippen molar-refractivity contribution in [3.05, 3.63) is 23.7 Å². The zero-order chi connectivity index (χ0) is 21.3. The van der Waals surface area contributed by atoms with Crippen LogP contribution in [0.1, 0.15) is 50.9 Å². The lowest BCUT2D eigenvalue weighted by molar-refractivity contribution is 0.0203. The minimum absolute atomic E-state index is 0.131. The fourth-order valence-electron chi connectivity index (χ4n) is 4.23. The van der Waals surface area contributed by atoms with E-state index < -0.39 is 5.60 Å². The number of imidazole rings is 1. The lowest BCUT2D eigenvalue weighted by Gasteiger charge is -2.33. The van der Waals surface area contributed by atoms with Crippen LogP contribution in [0.5, 0.6) is 0 Å². The molecule has 2 aromatic rings. The van der Waals surface area contributed by atoms with E-state index in [0.29, 0.717) is 32.0 Å². The number of amides is 1. The van der Waals surface area contributed by atoms with Gasteiger partial charge in [0.05, 0.1) is 43.1 Å². The predicted molar refractivity (Wildman–Crippen MR) is 112 cm³/mol. The van der Waals surface area contributed by atoms with E-state index in [1.807, 2.05) is 31.4 Å². The fourth-order valence-corrected chi connectivity index (χ4v) is 4.23. The highest BCUT2D eigenvalue weighted by Crippen LogP contribution is 2.33. The first-order valence-corrected chi connectivity index (χ1v) is 10.7. The molecule has 0 aromatic carbocycles. The molecule has 2 aromatic heterocycles. The number of hydrogen-bond acceptors (Lipinski definition) is 7. The number of likely N-dealkylation sites (tertiary alicyclic amines) is 1. The van der Waals surface area contributed by atoms with Crippen LogP contribution < -0.4 is 4.90 Å². The molecule has 2 saturated heterocycles. The van der Waals surface area contributed by atoms with E-state index in [9.17, 15) is 9.90 Å². The van der Waals surface area contributed by atoms with E-state index in [1.54, 1.807) is 11.1 Å². The van der Waals surface area contributed by atoms with Gasteiger partial charge in [0.1, 0.15) is 5.60 Å². The van der Waals surface area contributed by atoms with Crippen molar-refractivity contribution in [3.8, 4) is 0 Å². The Balaban J connectivity index is 1.57. The molecule has 4 heterocycles. The van der Waals surface area contributed by atoms with Crippen molar-refractivity contribution in [1.29, 1.82) is 0 Å². The summed E-state index contributed by atoms with van der Waals surface area (Å²) < 4.78 is 12.9. The summed E-state index contributed by atoms with van der Waals surface area (Å²) in [5, 5.41) is 14.6. The van der Waals surface area contributed by atoms with Crippen LogP contribution in [0.4, 0.5) is 10.5 Å². The number of carbonyl (C=O) groups excluding carboxylic acids is 1. The minimum atomic E-state index is -0.501. The summed E-state index contributed by atoms with van der Waals surface area (Å²) in [6, 6.07) is 1.98. The summed E-state index contributed by atoms with van der Waals surface area (Å²) in [6.07, 6.45) is 3.08. The van der Waals surface area contributed by atoms with Gasteiger partial charge in [-0.05, 0) is 39.7 Å². The van der Waals surface area contributed by atoms with Gasteiger partial charge in [-0.25, -0.2) is 14.3 Å². The molecule has 9 heteroatoms. The minimum Gasteiger partial charge on any atom is -0.444 e. The van der Waals surface area contributed by atoms with Gasteiger partial charge in [0, 0.05) is 32.1 Å². The highest BCUT2D eigenvalue weighted by molar-refractivity contribution is 5.70. The molecule has 0 spiro atoms. The molecule has 9 nitrogen and oxygen atoms in total. The molecule has 2 aliphatic heterocycles. The molecule has 4 rings (SSSR count). The SMILES string of the molecule is CC(C)(C)OC(=O)N1CCC(c2c(CO)nc3c(N4CCOCC4)ccnn23)CC1. The highest BCUT2D eigenvalue weighted by Gasteiger charge is 2.31. The smallest absolute Gasteiger partial charge is 0.410 e. The molecule has 0 bridgehead atoms. The number of carbonyl (C=O) groups is 1. The number of nitrogens with zero attached hydrogens (tertiary/aromatic N) is 5. The van der Waals surface area contributed by atoms with Crippen molar-refractivity contribution >= 4 is 17.4 Å². The number of aliphatic hydroxyl groups is 1. The zero-order valence-corrected chi connectivity index (χ0v) is 18.0. The van der Waals surface area contributed by atoms with Crippen LogP contribution in [0, 0.1) is 0 Å². The van der Waals surface area contributed by atoms with Gasteiger partial charge in [-0.1, -0.05) is 0 Å². The third kappa shape index (κ3) is 4.22. The molecule has 1 amide bonds. The molecule has 1 N–H and O–H groups in total. The average molecular weight is 418 g/mol. The van der Waals surface area contributed by atoms with Gasteiger partial charge >= 0.3 is 6.09 Å². The summed E-state index contributed by atoms with van der Waals surface area (Å²) in [7, 11) is 0.